The van der Waals surface area contributed by atoms with Gasteiger partial charge in [0.05, 0.1) is 0 Å². The number of carbonyl (C=O) groups is 3. The van der Waals surface area contributed by atoms with Crippen molar-refractivity contribution in [2.24, 2.45) is 0 Å². The number of ether oxygens (including phenoxy) is 3. The zero-order chi connectivity index (χ0) is 50.0. The first-order chi connectivity index (χ1) is 34.0. The fourth-order valence-electron chi connectivity index (χ4n) is 6.81. The maximum atomic E-state index is 12.8. The van der Waals surface area contributed by atoms with Crippen LogP contribution in [0.4, 0.5) is 0 Å². The molecular weight excluding hydrogens is 853 g/mol. The highest BCUT2D eigenvalue weighted by Crippen LogP contribution is 2.11. The minimum absolute atomic E-state index is 0.139. The van der Waals surface area contributed by atoms with Crippen molar-refractivity contribution in [1.82, 2.24) is 0 Å². The normalized spacial score (nSPS) is 13.3. The third-order valence-electron chi connectivity index (χ3n) is 10.9. The Labute approximate surface area is 423 Å². The maximum Gasteiger partial charge on any atom is 0.306 e. The molecule has 0 aliphatic carbocycles. The Bertz CT molecular complexity index is 1560. The molecule has 0 amide bonds. The van der Waals surface area contributed by atoms with Crippen molar-refractivity contribution in [1.29, 1.82) is 0 Å². The average Bonchev–Trinajstić information content (AvgIpc) is 3.35. The van der Waals surface area contributed by atoms with Gasteiger partial charge in [-0.2, -0.15) is 0 Å². The van der Waals surface area contributed by atoms with Crippen molar-refractivity contribution in [3.05, 3.63) is 146 Å². The lowest BCUT2D eigenvalue weighted by Gasteiger charge is -2.18. The van der Waals surface area contributed by atoms with Crippen LogP contribution in [0.25, 0.3) is 0 Å². The molecule has 0 rings (SSSR count). The van der Waals surface area contributed by atoms with Gasteiger partial charge in [-0.15, -0.1) is 0 Å². The number of allylic oxidation sites excluding steroid dienone is 24. The molecule has 0 N–H and O–H groups in total. The predicted molar refractivity (Wildman–Crippen MR) is 297 cm³/mol. The number of hydrogen-bond donors (Lipinski definition) is 0. The van der Waals surface area contributed by atoms with Gasteiger partial charge < -0.3 is 14.2 Å². The number of hydrogen-bond acceptors (Lipinski definition) is 6. The lowest BCUT2D eigenvalue weighted by atomic mass is 10.1. The molecule has 0 saturated heterocycles. The van der Waals surface area contributed by atoms with Gasteiger partial charge in [0, 0.05) is 19.3 Å². The van der Waals surface area contributed by atoms with E-state index in [0.29, 0.717) is 19.3 Å². The summed E-state index contributed by atoms with van der Waals surface area (Å²) in [6.07, 6.45) is 79.9. The van der Waals surface area contributed by atoms with E-state index in [1.54, 1.807) is 0 Å². The largest absolute Gasteiger partial charge is 0.462 e. The Kier molecular flexibility index (Phi) is 52.1. The van der Waals surface area contributed by atoms with Crippen LogP contribution in [0.15, 0.2) is 146 Å². The van der Waals surface area contributed by atoms with Crippen molar-refractivity contribution < 1.29 is 28.6 Å². The van der Waals surface area contributed by atoms with Crippen LogP contribution in [0.3, 0.4) is 0 Å². The van der Waals surface area contributed by atoms with E-state index in [1.165, 1.54) is 64.2 Å². The third kappa shape index (κ3) is 54.1. The molecule has 0 aromatic carbocycles. The van der Waals surface area contributed by atoms with Gasteiger partial charge in [-0.3, -0.25) is 14.4 Å². The average molecular weight is 951 g/mol. The zero-order valence-electron chi connectivity index (χ0n) is 44.0. The van der Waals surface area contributed by atoms with E-state index in [9.17, 15) is 14.4 Å². The molecule has 1 atom stereocenters. The van der Waals surface area contributed by atoms with Crippen LogP contribution in [0.2, 0.25) is 0 Å². The number of carbonyl (C=O) groups excluding carboxylic acids is 3. The highest BCUT2D eigenvalue weighted by atomic mass is 16.6. The summed E-state index contributed by atoms with van der Waals surface area (Å²) in [6, 6.07) is 0. The highest BCUT2D eigenvalue weighted by molar-refractivity contribution is 5.71. The van der Waals surface area contributed by atoms with Gasteiger partial charge in [-0.1, -0.05) is 231 Å². The SMILES string of the molecule is CC/C=C\C/C=C\C/C=C\C/C=C\C/C=C\CCC(=O)OCC(COC(=O)CCCCCCC\C=C/C=C\C=C/C=C\CCCCC)OC(=O)CCC/C=C\C/C=C\C/C=C\CCCCCCCC. The van der Waals surface area contributed by atoms with Crippen LogP contribution >= 0.6 is 0 Å². The molecule has 69 heavy (non-hydrogen) atoms. The quantitative estimate of drug-likeness (QED) is 0.0199. The predicted octanol–water partition coefficient (Wildman–Crippen LogP) is 18.4. The van der Waals surface area contributed by atoms with E-state index < -0.39 is 12.1 Å². The Morgan fingerprint density at radius 1 is 0.319 bits per heavy atom. The maximum absolute atomic E-state index is 12.8. The molecular formula is C63H98O6. The van der Waals surface area contributed by atoms with Gasteiger partial charge in [0.2, 0.25) is 0 Å². The molecule has 6 nitrogen and oxygen atoms in total. The molecule has 0 aliphatic heterocycles. The van der Waals surface area contributed by atoms with E-state index in [0.717, 1.165) is 96.3 Å². The van der Waals surface area contributed by atoms with E-state index >= 15 is 0 Å². The summed E-state index contributed by atoms with van der Waals surface area (Å²) in [7, 11) is 0. The first kappa shape index (κ1) is 64.3. The van der Waals surface area contributed by atoms with E-state index in [4.69, 9.17) is 14.2 Å². The fraction of sp³-hybridized carbons (Fsp3) is 0.571. The minimum atomic E-state index is -0.851. The summed E-state index contributed by atoms with van der Waals surface area (Å²) in [4.78, 5) is 38.0. The fourth-order valence-corrected chi connectivity index (χ4v) is 6.81. The topological polar surface area (TPSA) is 78.9 Å². The second-order valence-electron chi connectivity index (χ2n) is 17.5. The van der Waals surface area contributed by atoms with Crippen LogP contribution in [0.1, 0.15) is 213 Å². The number of rotatable bonds is 47. The number of unbranched alkanes of at least 4 members (excludes halogenated alkanes) is 15. The second kappa shape index (κ2) is 55.9. The molecule has 0 aromatic rings. The Balaban J connectivity index is 4.65. The van der Waals surface area contributed by atoms with Gasteiger partial charge in [-0.25, -0.2) is 0 Å². The molecule has 0 bridgehead atoms. The minimum Gasteiger partial charge on any atom is -0.462 e. The molecule has 0 aromatic heterocycles. The van der Waals surface area contributed by atoms with Gasteiger partial charge in [0.25, 0.3) is 0 Å². The third-order valence-corrected chi connectivity index (χ3v) is 10.9. The molecule has 0 spiro atoms. The second-order valence-corrected chi connectivity index (χ2v) is 17.5. The van der Waals surface area contributed by atoms with E-state index in [-0.39, 0.29) is 38.0 Å². The lowest BCUT2D eigenvalue weighted by molar-refractivity contribution is -0.166. The molecule has 0 aliphatic rings. The molecule has 0 saturated carbocycles. The van der Waals surface area contributed by atoms with Crippen LogP contribution in [-0.4, -0.2) is 37.2 Å². The zero-order valence-corrected chi connectivity index (χ0v) is 44.0. The summed E-state index contributed by atoms with van der Waals surface area (Å²) in [5.41, 5.74) is 0. The first-order valence-corrected chi connectivity index (χ1v) is 27.4. The first-order valence-electron chi connectivity index (χ1n) is 27.4. The molecule has 0 heterocycles. The van der Waals surface area contributed by atoms with Crippen molar-refractivity contribution in [2.75, 3.05) is 13.2 Å². The van der Waals surface area contributed by atoms with Gasteiger partial charge in [-0.05, 0) is 109 Å². The summed E-state index contributed by atoms with van der Waals surface area (Å²) >= 11 is 0. The molecule has 386 valence electrons. The van der Waals surface area contributed by atoms with Gasteiger partial charge >= 0.3 is 17.9 Å². The molecule has 6 heteroatoms. The molecule has 1 unspecified atom stereocenters. The molecule has 0 radical (unpaired) electrons. The van der Waals surface area contributed by atoms with Crippen LogP contribution in [0.5, 0.6) is 0 Å². The van der Waals surface area contributed by atoms with Crippen molar-refractivity contribution in [3.63, 3.8) is 0 Å². The Morgan fingerprint density at radius 3 is 1.17 bits per heavy atom. The monoisotopic (exact) mass is 951 g/mol. The molecule has 0 fully saturated rings. The Morgan fingerprint density at radius 2 is 0.667 bits per heavy atom. The lowest BCUT2D eigenvalue weighted by Crippen LogP contribution is -2.30. The number of esters is 3. The van der Waals surface area contributed by atoms with Crippen LogP contribution < -0.4 is 0 Å². The van der Waals surface area contributed by atoms with Crippen LogP contribution in [-0.2, 0) is 28.6 Å². The summed E-state index contributed by atoms with van der Waals surface area (Å²) in [6.45, 7) is 6.33. The van der Waals surface area contributed by atoms with E-state index in [1.807, 2.05) is 12.2 Å². The summed E-state index contributed by atoms with van der Waals surface area (Å²) in [5.74, 6) is -1.11. The smallest absolute Gasteiger partial charge is 0.306 e. The van der Waals surface area contributed by atoms with E-state index in [2.05, 4.69) is 154 Å². The highest BCUT2D eigenvalue weighted by Gasteiger charge is 2.19. The van der Waals surface area contributed by atoms with Gasteiger partial charge in [0.1, 0.15) is 13.2 Å². The Hall–Kier alpha value is -4.71. The summed E-state index contributed by atoms with van der Waals surface area (Å²) < 4.78 is 16.7. The standard InChI is InChI=1S/C63H98O6/c1-4-7-10-13-16-19-22-25-28-31-33-35-38-41-44-47-50-53-56-62(65)68-59-60(58-67-61(64)55-52-49-46-43-40-37-34-30-27-24-21-18-15-12-9-6-3)69-63(66)57-54-51-48-45-42-39-36-32-29-26-23-20-17-14-11-8-5-2/h9,12,16,18-19,21-22,25-31,33,35-37,39-40,45-46,48-49,60H,4-8,10-11,13-15,17,20,23-24,32,34,38,41-44,47,50-59H2,1-3H3/b12-9-,19-16-,21-18-,25-22-,29-26-,30-27-,31-28-,35-33-,39-36-,40-37-,48-45-,49-46-. The van der Waals surface area contributed by atoms with Crippen molar-refractivity contribution in [2.45, 2.75) is 219 Å². The van der Waals surface area contributed by atoms with Crippen LogP contribution in [0, 0.1) is 0 Å². The van der Waals surface area contributed by atoms with Crippen molar-refractivity contribution >= 4 is 17.9 Å². The van der Waals surface area contributed by atoms with Gasteiger partial charge in [0.15, 0.2) is 6.10 Å². The summed E-state index contributed by atoms with van der Waals surface area (Å²) in [5, 5.41) is 0. The van der Waals surface area contributed by atoms with Crippen molar-refractivity contribution in [3.8, 4) is 0 Å².